The van der Waals surface area contributed by atoms with Crippen LogP contribution in [-0.2, 0) is 14.3 Å². The average molecular weight is 495 g/mol. The fourth-order valence-corrected chi connectivity index (χ4v) is 3.17. The number of carbonyl (C=O) groups excluding carboxylic acids is 2. The quantitative estimate of drug-likeness (QED) is 0.344. The number of morpholine rings is 1. The van der Waals surface area contributed by atoms with Gasteiger partial charge in [-0.2, -0.15) is 0 Å². The van der Waals surface area contributed by atoms with E-state index in [0.717, 1.165) is 44.9 Å². The number of hydrogen-bond acceptors (Lipinski definition) is 4. The molecule has 2 saturated heterocycles. The lowest BCUT2D eigenvalue weighted by Gasteiger charge is -2.36. The Bertz CT molecular complexity index is 501. The van der Waals surface area contributed by atoms with Crippen LogP contribution in [0.15, 0.2) is 4.99 Å². The summed E-state index contributed by atoms with van der Waals surface area (Å²) in [6.07, 6.45) is 2.64. The summed E-state index contributed by atoms with van der Waals surface area (Å²) in [7, 11) is 3.47. The summed E-state index contributed by atoms with van der Waals surface area (Å²) in [4.78, 5) is 34.6. The Kier molecular flexibility index (Phi) is 11.0. The number of piperidine rings is 1. The Morgan fingerprint density at radius 2 is 1.74 bits per heavy atom. The van der Waals surface area contributed by atoms with Crippen LogP contribution in [0.5, 0.6) is 0 Å². The van der Waals surface area contributed by atoms with E-state index in [2.05, 4.69) is 22.1 Å². The van der Waals surface area contributed by atoms with Crippen molar-refractivity contribution in [2.24, 2.45) is 10.9 Å². The molecule has 8 nitrogen and oxygen atoms in total. The first-order valence-corrected chi connectivity index (χ1v) is 9.62. The van der Waals surface area contributed by atoms with E-state index in [0.29, 0.717) is 26.3 Å². The Hall–Kier alpha value is -1.10. The molecule has 0 spiro atoms. The van der Waals surface area contributed by atoms with Crippen LogP contribution in [0, 0.1) is 5.92 Å². The molecule has 2 rings (SSSR count). The first-order valence-electron chi connectivity index (χ1n) is 9.62. The van der Waals surface area contributed by atoms with Gasteiger partial charge in [0.2, 0.25) is 11.8 Å². The molecular formula is C18H34IN5O3. The molecule has 0 aromatic heterocycles. The smallest absolute Gasteiger partial charge is 0.243 e. The molecule has 0 radical (unpaired) electrons. The van der Waals surface area contributed by atoms with Crippen molar-refractivity contribution in [2.45, 2.75) is 26.2 Å². The molecule has 0 bridgehead atoms. The van der Waals surface area contributed by atoms with Crippen molar-refractivity contribution in [2.75, 3.05) is 66.6 Å². The third kappa shape index (κ3) is 7.44. The van der Waals surface area contributed by atoms with Crippen LogP contribution in [0.3, 0.4) is 0 Å². The molecule has 27 heavy (non-hydrogen) atoms. The predicted molar refractivity (Wildman–Crippen MR) is 116 cm³/mol. The normalized spacial score (nSPS) is 18.7. The summed E-state index contributed by atoms with van der Waals surface area (Å²) in [6, 6.07) is 0. The molecule has 156 valence electrons. The number of nitrogens with zero attached hydrogens (tertiary/aromatic N) is 4. The molecular weight excluding hydrogens is 461 g/mol. The molecule has 1 N–H and O–H groups in total. The number of rotatable bonds is 5. The van der Waals surface area contributed by atoms with Gasteiger partial charge in [0.05, 0.1) is 13.2 Å². The van der Waals surface area contributed by atoms with Gasteiger partial charge in [-0.3, -0.25) is 9.59 Å². The number of amides is 2. The summed E-state index contributed by atoms with van der Waals surface area (Å²) in [5.41, 5.74) is 0. The number of ether oxygens (including phenoxy) is 1. The molecule has 2 heterocycles. The highest BCUT2D eigenvalue weighted by atomic mass is 127. The van der Waals surface area contributed by atoms with Crippen LogP contribution in [0.1, 0.15) is 26.2 Å². The monoisotopic (exact) mass is 495 g/mol. The van der Waals surface area contributed by atoms with Crippen molar-refractivity contribution in [3.63, 3.8) is 0 Å². The summed E-state index contributed by atoms with van der Waals surface area (Å²) in [5, 5.41) is 3.33. The first kappa shape index (κ1) is 23.9. The zero-order valence-corrected chi connectivity index (χ0v) is 19.1. The number of likely N-dealkylation sites (N-methyl/N-ethyl adjacent to an activating group) is 1. The van der Waals surface area contributed by atoms with Crippen molar-refractivity contribution in [3.8, 4) is 0 Å². The summed E-state index contributed by atoms with van der Waals surface area (Å²) >= 11 is 0. The van der Waals surface area contributed by atoms with Crippen LogP contribution in [0.25, 0.3) is 0 Å². The van der Waals surface area contributed by atoms with Gasteiger partial charge in [-0.25, -0.2) is 4.99 Å². The fourth-order valence-electron chi connectivity index (χ4n) is 3.17. The Morgan fingerprint density at radius 1 is 1.11 bits per heavy atom. The van der Waals surface area contributed by atoms with E-state index >= 15 is 0 Å². The maximum atomic E-state index is 12.6. The predicted octanol–water partition coefficient (Wildman–Crippen LogP) is 0.619. The van der Waals surface area contributed by atoms with Crippen LogP contribution in [-0.4, -0.2) is 99.1 Å². The minimum atomic E-state index is -0.0156. The van der Waals surface area contributed by atoms with Crippen molar-refractivity contribution < 1.29 is 14.3 Å². The van der Waals surface area contributed by atoms with Crippen molar-refractivity contribution in [3.05, 3.63) is 0 Å². The third-order valence-electron chi connectivity index (χ3n) is 4.86. The van der Waals surface area contributed by atoms with Gasteiger partial charge in [-0.15, -0.1) is 24.0 Å². The van der Waals surface area contributed by atoms with Crippen molar-refractivity contribution >= 4 is 41.8 Å². The van der Waals surface area contributed by atoms with E-state index in [1.807, 2.05) is 4.90 Å². The average Bonchev–Trinajstić information content (AvgIpc) is 2.68. The number of halogens is 1. The maximum absolute atomic E-state index is 12.6. The number of guanidine groups is 1. The van der Waals surface area contributed by atoms with Gasteiger partial charge >= 0.3 is 0 Å². The molecule has 0 atom stereocenters. The van der Waals surface area contributed by atoms with Gasteiger partial charge in [0.1, 0.15) is 6.54 Å². The van der Waals surface area contributed by atoms with E-state index in [-0.39, 0.29) is 48.3 Å². The summed E-state index contributed by atoms with van der Waals surface area (Å²) in [6.45, 7) is 7.33. The summed E-state index contributed by atoms with van der Waals surface area (Å²) < 4.78 is 5.33. The molecule has 0 saturated carbocycles. The highest BCUT2D eigenvalue weighted by Crippen LogP contribution is 2.20. The SMILES string of the molecule is CCCNC(=NCC(=O)N(C)C)N1CCC(C(=O)N2CCOCC2)CC1.I. The number of likely N-dealkylation sites (tertiary alicyclic amines) is 1. The lowest BCUT2D eigenvalue weighted by molar-refractivity contribution is -0.140. The molecule has 0 aromatic carbocycles. The molecule has 2 aliphatic rings. The van der Waals surface area contributed by atoms with Gasteiger partial charge in [0.25, 0.3) is 0 Å². The lowest BCUT2D eigenvalue weighted by atomic mass is 9.95. The third-order valence-corrected chi connectivity index (χ3v) is 4.86. The Labute approximate surface area is 179 Å². The minimum Gasteiger partial charge on any atom is -0.378 e. The van der Waals surface area contributed by atoms with E-state index in [4.69, 9.17) is 4.74 Å². The number of carbonyl (C=O) groups is 2. The maximum Gasteiger partial charge on any atom is 0.243 e. The van der Waals surface area contributed by atoms with E-state index in [1.165, 1.54) is 0 Å². The van der Waals surface area contributed by atoms with Crippen LogP contribution < -0.4 is 5.32 Å². The van der Waals surface area contributed by atoms with Gasteiger partial charge < -0.3 is 24.8 Å². The number of nitrogens with one attached hydrogen (secondary N) is 1. The van der Waals surface area contributed by atoms with Gasteiger partial charge in [-0.1, -0.05) is 6.92 Å². The zero-order valence-electron chi connectivity index (χ0n) is 16.8. The Morgan fingerprint density at radius 3 is 2.30 bits per heavy atom. The van der Waals surface area contributed by atoms with Crippen molar-refractivity contribution in [1.82, 2.24) is 20.0 Å². The molecule has 2 fully saturated rings. The molecule has 9 heteroatoms. The van der Waals surface area contributed by atoms with Gasteiger partial charge in [0.15, 0.2) is 5.96 Å². The molecule has 0 unspecified atom stereocenters. The fraction of sp³-hybridized carbons (Fsp3) is 0.833. The van der Waals surface area contributed by atoms with E-state index in [9.17, 15) is 9.59 Å². The van der Waals surface area contributed by atoms with Crippen LogP contribution >= 0.6 is 24.0 Å². The molecule has 0 aromatic rings. The largest absolute Gasteiger partial charge is 0.378 e. The van der Waals surface area contributed by atoms with E-state index in [1.54, 1.807) is 19.0 Å². The van der Waals surface area contributed by atoms with Crippen LogP contribution in [0.2, 0.25) is 0 Å². The van der Waals surface area contributed by atoms with Gasteiger partial charge in [-0.05, 0) is 19.3 Å². The minimum absolute atomic E-state index is 0. The second kappa shape index (κ2) is 12.4. The topological polar surface area (TPSA) is 77.5 Å². The standard InChI is InChI=1S/C18H33N5O3.HI/c1-4-7-19-18(20-14-16(24)21(2)3)23-8-5-15(6-9-23)17(25)22-10-12-26-13-11-22;/h15H,4-14H2,1-3H3,(H,19,20);1H. The summed E-state index contributed by atoms with van der Waals surface area (Å²) in [5.74, 6) is 1.11. The highest BCUT2D eigenvalue weighted by molar-refractivity contribution is 14.0. The number of aliphatic imine (C=N–C) groups is 1. The van der Waals surface area contributed by atoms with E-state index < -0.39 is 0 Å². The highest BCUT2D eigenvalue weighted by Gasteiger charge is 2.30. The van der Waals surface area contributed by atoms with Crippen LogP contribution in [0.4, 0.5) is 0 Å². The number of hydrogen-bond donors (Lipinski definition) is 1. The second-order valence-electron chi connectivity index (χ2n) is 7.05. The molecule has 0 aliphatic carbocycles. The molecule has 2 amide bonds. The van der Waals surface area contributed by atoms with Crippen molar-refractivity contribution in [1.29, 1.82) is 0 Å². The Balaban J connectivity index is 0.00000364. The molecule has 2 aliphatic heterocycles. The second-order valence-corrected chi connectivity index (χ2v) is 7.05. The first-order chi connectivity index (χ1) is 12.5. The van der Waals surface area contributed by atoms with Gasteiger partial charge in [0, 0.05) is 52.7 Å². The lowest BCUT2D eigenvalue weighted by Crippen LogP contribution is -2.50. The zero-order chi connectivity index (χ0) is 18.9.